The van der Waals surface area contributed by atoms with Crippen LogP contribution in [-0.2, 0) is 37.5 Å². The summed E-state index contributed by atoms with van der Waals surface area (Å²) in [6.07, 6.45) is 2.00. The first-order valence-electron chi connectivity index (χ1n) is 3.05. The zero-order chi connectivity index (χ0) is 7.86. The fourth-order valence-corrected chi connectivity index (χ4v) is 0. The minimum atomic E-state index is -0.491. The molecule has 0 aliphatic rings. The van der Waals surface area contributed by atoms with E-state index in [4.69, 9.17) is 5.73 Å². The summed E-state index contributed by atoms with van der Waals surface area (Å²) in [4.78, 5) is 9.81. The third-order valence-electron chi connectivity index (χ3n) is 0.524. The van der Waals surface area contributed by atoms with Crippen LogP contribution in [0.4, 0.5) is 0 Å². The van der Waals surface area contributed by atoms with Crippen LogP contribution in [-0.4, -0.2) is 5.91 Å². The van der Waals surface area contributed by atoms with Crippen molar-refractivity contribution in [2.75, 3.05) is 0 Å². The minimum absolute atomic E-state index is 0. The third kappa shape index (κ3) is 23.5. The molecule has 0 saturated carbocycles. The average molecular weight is 218 g/mol. The van der Waals surface area contributed by atoms with Gasteiger partial charge in [0.2, 0.25) is 0 Å². The van der Waals surface area contributed by atoms with Crippen molar-refractivity contribution in [3.63, 3.8) is 0 Å². The number of rotatable bonds is 1. The predicted octanol–water partition coefficient (Wildman–Crippen LogP) is 2.45. The van der Waals surface area contributed by atoms with Crippen LogP contribution < -0.4 is 0 Å². The summed E-state index contributed by atoms with van der Waals surface area (Å²) < 4.78 is 0. The molecule has 0 aromatic heterocycles. The summed E-state index contributed by atoms with van der Waals surface area (Å²) in [6, 6.07) is 0. The normalized spacial score (nSPS) is 7.30. The van der Waals surface area contributed by atoms with E-state index in [1.807, 2.05) is 20.3 Å². The number of carbonyl (C=O) groups is 1. The number of hydrogen-bond acceptors (Lipinski definition) is 1. The molecule has 1 amide bonds. The molecule has 1 N–H and O–H groups in total. The molecular formula is C7H15NOY-2. The van der Waals surface area contributed by atoms with E-state index < -0.39 is 5.91 Å². The summed E-state index contributed by atoms with van der Waals surface area (Å²) in [5.74, 6) is -0.611. The van der Waals surface area contributed by atoms with Crippen molar-refractivity contribution in [2.24, 2.45) is 5.92 Å². The first-order chi connectivity index (χ1) is 4.06. The van der Waals surface area contributed by atoms with Gasteiger partial charge in [0.15, 0.2) is 0 Å². The Morgan fingerprint density at radius 3 is 1.50 bits per heavy atom. The molecule has 1 radical (unpaired) electrons. The van der Waals surface area contributed by atoms with Gasteiger partial charge in [-0.3, -0.25) is 0 Å². The van der Waals surface area contributed by atoms with Gasteiger partial charge in [-0.1, -0.05) is 13.8 Å². The van der Waals surface area contributed by atoms with E-state index in [0.717, 1.165) is 0 Å². The van der Waals surface area contributed by atoms with Crippen molar-refractivity contribution in [3.05, 3.63) is 12.2 Å². The fourth-order valence-electron chi connectivity index (χ4n) is 0. The standard InChI is InChI=1S/C4H9NO.C3H7.Y/c1-3(2)4(5)6;1-3-2;/h3H,1-2H3,(H2,5,6);3H,1-2H3;/q;-1;/p-1. The van der Waals surface area contributed by atoms with Gasteiger partial charge >= 0.3 is 0 Å². The molecule has 0 bridgehead atoms. The maximum absolute atomic E-state index is 9.81. The molecule has 3 heteroatoms. The zero-order valence-corrected chi connectivity index (χ0v) is 9.98. The van der Waals surface area contributed by atoms with Crippen LogP contribution in [0.25, 0.3) is 5.73 Å². The molecule has 0 saturated heterocycles. The molecule has 59 valence electrons. The largest absolute Gasteiger partial charge is 0.668 e. The van der Waals surface area contributed by atoms with Gasteiger partial charge in [0.05, 0.1) is 5.91 Å². The van der Waals surface area contributed by atoms with Gasteiger partial charge in [-0.25, -0.2) is 0 Å². The molecule has 10 heavy (non-hydrogen) atoms. The molecular weight excluding hydrogens is 203 g/mol. The Balaban J connectivity index is -0.000000107. The smallest absolute Gasteiger partial charge is 0.0513 e. The van der Waals surface area contributed by atoms with Gasteiger partial charge in [0.1, 0.15) is 0 Å². The molecule has 2 nitrogen and oxygen atoms in total. The third-order valence-corrected chi connectivity index (χ3v) is 0.524. The molecule has 0 aliphatic carbocycles. The van der Waals surface area contributed by atoms with Crippen LogP contribution in [0.2, 0.25) is 0 Å². The van der Waals surface area contributed by atoms with Gasteiger partial charge < -0.3 is 16.9 Å². The van der Waals surface area contributed by atoms with Crippen molar-refractivity contribution in [1.82, 2.24) is 0 Å². The van der Waals surface area contributed by atoms with Crippen molar-refractivity contribution >= 4 is 5.91 Å². The van der Waals surface area contributed by atoms with Crippen LogP contribution in [0.3, 0.4) is 0 Å². The molecule has 0 fully saturated rings. The second kappa shape index (κ2) is 12.3. The Kier molecular flexibility index (Phi) is 20.7. The quantitative estimate of drug-likeness (QED) is 0.623. The second-order valence-electron chi connectivity index (χ2n) is 2.10. The number of carbonyl (C=O) groups excluding carboxylic acids is 1. The van der Waals surface area contributed by atoms with E-state index in [1.165, 1.54) is 0 Å². The Labute approximate surface area is 88.8 Å². The van der Waals surface area contributed by atoms with E-state index in [2.05, 4.69) is 0 Å². The van der Waals surface area contributed by atoms with Crippen molar-refractivity contribution in [3.8, 4) is 0 Å². The van der Waals surface area contributed by atoms with E-state index in [9.17, 15) is 4.79 Å². The van der Waals surface area contributed by atoms with E-state index in [1.54, 1.807) is 13.8 Å². The molecule has 0 aliphatic heterocycles. The van der Waals surface area contributed by atoms with Crippen molar-refractivity contribution in [1.29, 1.82) is 0 Å². The van der Waals surface area contributed by atoms with Gasteiger partial charge in [-0.2, -0.15) is 13.8 Å². The topological polar surface area (TPSA) is 40.9 Å². The first-order valence-corrected chi connectivity index (χ1v) is 3.05. The Hall–Kier alpha value is 0.574. The summed E-state index contributed by atoms with van der Waals surface area (Å²) >= 11 is 0. The molecule has 0 atom stereocenters. The zero-order valence-electron chi connectivity index (χ0n) is 7.14. The maximum atomic E-state index is 9.81. The predicted molar refractivity (Wildman–Crippen MR) is 39.8 cm³/mol. The number of hydrogen-bond donors (Lipinski definition) is 0. The minimum Gasteiger partial charge on any atom is -0.668 e. The molecule has 0 heterocycles. The van der Waals surface area contributed by atoms with Crippen molar-refractivity contribution < 1.29 is 37.5 Å². The van der Waals surface area contributed by atoms with Crippen LogP contribution in [0, 0.1) is 12.3 Å². The maximum Gasteiger partial charge on any atom is 0.0513 e. The molecule has 0 rings (SSSR count). The average Bonchev–Trinajstić information content (AvgIpc) is 1.68. The molecule has 0 spiro atoms. The van der Waals surface area contributed by atoms with E-state index >= 15 is 0 Å². The second-order valence-corrected chi connectivity index (χ2v) is 2.10. The Bertz CT molecular complexity index is 74.0. The monoisotopic (exact) mass is 218 g/mol. The Morgan fingerprint density at radius 2 is 1.50 bits per heavy atom. The molecule has 0 aromatic rings. The van der Waals surface area contributed by atoms with Crippen LogP contribution >= 0.6 is 0 Å². The van der Waals surface area contributed by atoms with E-state index in [-0.39, 0.29) is 38.6 Å². The molecule has 0 aromatic carbocycles. The van der Waals surface area contributed by atoms with Gasteiger partial charge in [-0.05, 0) is 5.92 Å². The van der Waals surface area contributed by atoms with Gasteiger partial charge in [0, 0.05) is 32.7 Å². The van der Waals surface area contributed by atoms with Crippen molar-refractivity contribution in [2.45, 2.75) is 27.7 Å². The first kappa shape index (κ1) is 16.9. The summed E-state index contributed by atoms with van der Waals surface area (Å²) in [7, 11) is 0. The molecule has 0 unspecified atom stereocenters. The Morgan fingerprint density at radius 1 is 1.40 bits per heavy atom. The summed E-state index contributed by atoms with van der Waals surface area (Å²) in [6.45, 7) is 7.41. The summed E-state index contributed by atoms with van der Waals surface area (Å²) in [5, 5.41) is 0. The SMILES string of the molecule is CC(C)C([NH-])=O.C[CH-]C.[Y]. The van der Waals surface area contributed by atoms with Gasteiger partial charge in [-0.15, -0.1) is 0 Å². The number of amides is 1. The van der Waals surface area contributed by atoms with Crippen LogP contribution in [0.15, 0.2) is 0 Å². The van der Waals surface area contributed by atoms with Crippen LogP contribution in [0.5, 0.6) is 0 Å². The fraction of sp³-hybridized carbons (Fsp3) is 0.714. The van der Waals surface area contributed by atoms with Gasteiger partial charge in [0.25, 0.3) is 0 Å². The number of nitrogens with one attached hydrogen (secondary N) is 1. The summed E-state index contributed by atoms with van der Waals surface area (Å²) in [5.41, 5.74) is 6.39. The van der Waals surface area contributed by atoms with Crippen LogP contribution in [0.1, 0.15) is 27.7 Å². The van der Waals surface area contributed by atoms with E-state index in [0.29, 0.717) is 0 Å².